The average molecular weight is 558 g/mol. The maximum Gasteiger partial charge on any atom is 0.261 e. The van der Waals surface area contributed by atoms with Crippen LogP contribution in [0.25, 0.3) is 0 Å². The van der Waals surface area contributed by atoms with E-state index in [0.717, 1.165) is 6.42 Å². The van der Waals surface area contributed by atoms with E-state index in [-0.39, 0.29) is 22.9 Å². The quantitative estimate of drug-likeness (QED) is 0.209. The van der Waals surface area contributed by atoms with Crippen LogP contribution in [0.5, 0.6) is 0 Å². The first-order valence-corrected chi connectivity index (χ1v) is 15.5. The second-order valence-corrected chi connectivity index (χ2v) is 15.8. The molecule has 2 N–H and O–H groups in total. The van der Waals surface area contributed by atoms with Gasteiger partial charge in [-0.05, 0) is 52.5 Å². The van der Waals surface area contributed by atoms with E-state index in [4.69, 9.17) is 27.6 Å². The number of anilines is 1. The molecule has 0 aliphatic carbocycles. The third-order valence-electron chi connectivity index (χ3n) is 6.56. The van der Waals surface area contributed by atoms with Crippen LogP contribution < -0.4 is 21.0 Å². The molecule has 1 atom stereocenters. The standard InChI is InChI=1S/C30H38Cl2N2O2Si/c1-22(2)28(29(35)34-23-17-18-26(31)27(32)21-23)33-19-12-20-36-37(30(3,4)5,24-13-8-6-9-14-24)25-15-10-7-11-16-25/h6-11,13-18,21-22,28,33H,12,19-20H2,1-5H3,(H,34,35). The van der Waals surface area contributed by atoms with Gasteiger partial charge in [0, 0.05) is 12.3 Å². The highest BCUT2D eigenvalue weighted by molar-refractivity contribution is 6.99. The Kier molecular flexibility index (Phi) is 10.4. The Bertz CT molecular complexity index is 1110. The van der Waals surface area contributed by atoms with Gasteiger partial charge < -0.3 is 15.1 Å². The van der Waals surface area contributed by atoms with E-state index < -0.39 is 8.32 Å². The largest absolute Gasteiger partial charge is 0.407 e. The van der Waals surface area contributed by atoms with Crippen molar-refractivity contribution in [3.8, 4) is 0 Å². The van der Waals surface area contributed by atoms with Crippen LogP contribution in [0.15, 0.2) is 78.9 Å². The predicted molar refractivity (Wildman–Crippen MR) is 160 cm³/mol. The van der Waals surface area contributed by atoms with Gasteiger partial charge in [0.2, 0.25) is 5.91 Å². The normalized spacial score (nSPS) is 13.0. The smallest absolute Gasteiger partial charge is 0.261 e. The molecule has 1 unspecified atom stereocenters. The van der Waals surface area contributed by atoms with Crippen LogP contribution in [0.1, 0.15) is 41.0 Å². The highest BCUT2D eigenvalue weighted by Gasteiger charge is 2.49. The molecule has 0 fully saturated rings. The number of halogens is 2. The summed E-state index contributed by atoms with van der Waals surface area (Å²) in [6.07, 6.45) is 0.785. The lowest BCUT2D eigenvalue weighted by atomic mass is 10.0. The molecule has 0 saturated carbocycles. The molecule has 37 heavy (non-hydrogen) atoms. The molecule has 0 radical (unpaired) electrons. The van der Waals surface area contributed by atoms with Gasteiger partial charge in [0.1, 0.15) is 0 Å². The molecule has 0 heterocycles. The molecule has 0 saturated heterocycles. The third kappa shape index (κ3) is 7.24. The minimum atomic E-state index is -2.56. The van der Waals surface area contributed by atoms with E-state index in [1.165, 1.54) is 10.4 Å². The van der Waals surface area contributed by atoms with Gasteiger partial charge in [0.15, 0.2) is 0 Å². The van der Waals surface area contributed by atoms with Gasteiger partial charge in [-0.15, -0.1) is 0 Å². The van der Waals surface area contributed by atoms with Crippen LogP contribution in [-0.4, -0.2) is 33.4 Å². The van der Waals surface area contributed by atoms with Crippen molar-refractivity contribution in [3.05, 3.63) is 88.9 Å². The minimum absolute atomic E-state index is 0.0661. The van der Waals surface area contributed by atoms with Crippen LogP contribution in [0.3, 0.4) is 0 Å². The molecule has 1 amide bonds. The average Bonchev–Trinajstić information content (AvgIpc) is 2.86. The van der Waals surface area contributed by atoms with Gasteiger partial charge in [-0.1, -0.05) is 118 Å². The molecule has 7 heteroatoms. The van der Waals surface area contributed by atoms with Gasteiger partial charge in [-0.2, -0.15) is 0 Å². The summed E-state index contributed by atoms with van der Waals surface area (Å²) < 4.78 is 6.96. The zero-order valence-electron chi connectivity index (χ0n) is 22.4. The fraction of sp³-hybridized carbons (Fsp3) is 0.367. The van der Waals surface area contributed by atoms with Gasteiger partial charge in [0.05, 0.1) is 16.1 Å². The molecular weight excluding hydrogens is 519 g/mol. The van der Waals surface area contributed by atoms with Crippen molar-refractivity contribution in [1.29, 1.82) is 0 Å². The van der Waals surface area contributed by atoms with E-state index in [1.54, 1.807) is 18.2 Å². The topological polar surface area (TPSA) is 50.4 Å². The Labute approximate surface area is 232 Å². The zero-order chi connectivity index (χ0) is 27.1. The number of hydrogen-bond acceptors (Lipinski definition) is 3. The van der Waals surface area contributed by atoms with E-state index in [9.17, 15) is 4.79 Å². The van der Waals surface area contributed by atoms with Crippen molar-refractivity contribution in [2.45, 2.75) is 52.1 Å². The summed E-state index contributed by atoms with van der Waals surface area (Å²) >= 11 is 12.1. The minimum Gasteiger partial charge on any atom is -0.407 e. The summed E-state index contributed by atoms with van der Waals surface area (Å²) in [4.78, 5) is 13.0. The molecule has 4 nitrogen and oxygen atoms in total. The summed E-state index contributed by atoms with van der Waals surface area (Å²) in [7, 11) is -2.56. The summed E-state index contributed by atoms with van der Waals surface area (Å²) in [5.41, 5.74) is 0.627. The monoisotopic (exact) mass is 556 g/mol. The van der Waals surface area contributed by atoms with Gasteiger partial charge in [0.25, 0.3) is 8.32 Å². The summed E-state index contributed by atoms with van der Waals surface area (Å²) in [6.45, 7) is 12.2. The van der Waals surface area contributed by atoms with Crippen LogP contribution in [0.4, 0.5) is 5.69 Å². The number of benzene rings is 3. The first-order valence-electron chi connectivity index (χ1n) is 12.8. The zero-order valence-corrected chi connectivity index (χ0v) is 24.9. The summed E-state index contributed by atoms with van der Waals surface area (Å²) in [5, 5.41) is 9.72. The first kappa shape index (κ1) is 29.4. The maximum atomic E-state index is 13.0. The van der Waals surface area contributed by atoms with Gasteiger partial charge in [-0.25, -0.2) is 0 Å². The molecule has 0 spiro atoms. The Morgan fingerprint density at radius 3 is 1.95 bits per heavy atom. The highest BCUT2D eigenvalue weighted by atomic mass is 35.5. The summed E-state index contributed by atoms with van der Waals surface area (Å²) in [5.74, 6) is 0.0154. The van der Waals surface area contributed by atoms with Gasteiger partial charge in [-0.3, -0.25) is 4.79 Å². The molecular formula is C30H38Cl2N2O2Si. The Hall–Kier alpha value is -2.15. The second kappa shape index (κ2) is 13.1. The molecule has 0 aromatic heterocycles. The number of carbonyl (C=O) groups is 1. The molecule has 0 aliphatic heterocycles. The lowest BCUT2D eigenvalue weighted by Gasteiger charge is -2.43. The first-order chi connectivity index (χ1) is 17.6. The highest BCUT2D eigenvalue weighted by Crippen LogP contribution is 2.36. The van der Waals surface area contributed by atoms with Crippen molar-refractivity contribution in [2.75, 3.05) is 18.5 Å². The van der Waals surface area contributed by atoms with Crippen LogP contribution in [-0.2, 0) is 9.22 Å². The second-order valence-electron chi connectivity index (χ2n) is 10.7. The van der Waals surface area contributed by atoms with Crippen LogP contribution >= 0.6 is 23.2 Å². The van der Waals surface area contributed by atoms with E-state index in [1.807, 2.05) is 13.8 Å². The van der Waals surface area contributed by atoms with E-state index in [0.29, 0.717) is 28.9 Å². The lowest BCUT2D eigenvalue weighted by Crippen LogP contribution is -2.66. The number of amides is 1. The fourth-order valence-electron chi connectivity index (χ4n) is 4.74. The van der Waals surface area contributed by atoms with Crippen molar-refractivity contribution >= 4 is 53.5 Å². The molecule has 0 aliphatic rings. The van der Waals surface area contributed by atoms with E-state index >= 15 is 0 Å². The SMILES string of the molecule is CC(C)C(NCCCO[Si](c1ccccc1)(c1ccccc1)C(C)(C)C)C(=O)Nc1ccc(Cl)c(Cl)c1. The number of rotatable bonds is 11. The Morgan fingerprint density at radius 1 is 0.892 bits per heavy atom. The Morgan fingerprint density at radius 2 is 1.46 bits per heavy atom. The van der Waals surface area contributed by atoms with E-state index in [2.05, 4.69) is 92.1 Å². The molecule has 198 valence electrons. The summed E-state index contributed by atoms with van der Waals surface area (Å²) in [6, 6.07) is 26.0. The van der Waals surface area contributed by atoms with Gasteiger partial charge >= 0.3 is 0 Å². The van der Waals surface area contributed by atoms with Crippen molar-refractivity contribution < 1.29 is 9.22 Å². The molecule has 0 bridgehead atoms. The number of nitrogens with one attached hydrogen (secondary N) is 2. The lowest BCUT2D eigenvalue weighted by molar-refractivity contribution is -0.119. The van der Waals surface area contributed by atoms with Crippen molar-refractivity contribution in [2.24, 2.45) is 5.92 Å². The Balaban J connectivity index is 1.68. The van der Waals surface area contributed by atoms with Crippen LogP contribution in [0.2, 0.25) is 15.1 Å². The third-order valence-corrected chi connectivity index (χ3v) is 12.3. The number of hydrogen-bond donors (Lipinski definition) is 2. The maximum absolute atomic E-state index is 13.0. The predicted octanol–water partition coefficient (Wildman–Crippen LogP) is 6.51. The fourth-order valence-corrected chi connectivity index (χ4v) is 9.65. The van der Waals surface area contributed by atoms with Crippen LogP contribution in [0, 0.1) is 5.92 Å². The number of carbonyl (C=O) groups excluding carboxylic acids is 1. The molecule has 3 aromatic rings. The molecule has 3 rings (SSSR count). The molecule has 3 aromatic carbocycles. The van der Waals surface area contributed by atoms with Crippen molar-refractivity contribution in [3.63, 3.8) is 0 Å². The van der Waals surface area contributed by atoms with Crippen molar-refractivity contribution in [1.82, 2.24) is 5.32 Å².